The number of thiophene rings is 1. The van der Waals surface area contributed by atoms with Gasteiger partial charge in [0.1, 0.15) is 5.69 Å². The molecule has 3 heterocycles. The van der Waals surface area contributed by atoms with Crippen molar-refractivity contribution in [2.24, 2.45) is 16.1 Å². The van der Waals surface area contributed by atoms with E-state index in [1.807, 2.05) is 36.6 Å². The minimum Gasteiger partial charge on any atom is -0.550 e. The molecule has 1 atom stereocenters. The van der Waals surface area contributed by atoms with E-state index in [1.54, 1.807) is 11.3 Å². The van der Waals surface area contributed by atoms with Gasteiger partial charge in [-0.25, -0.2) is 9.83 Å². The van der Waals surface area contributed by atoms with Crippen LogP contribution in [-0.4, -0.2) is 93.7 Å². The average Bonchev–Trinajstić information content (AvgIpc) is 3.96. The summed E-state index contributed by atoms with van der Waals surface area (Å²) in [6, 6.07) is 3.92. The smallest absolute Gasteiger partial charge is 0.550 e. The molecule has 0 spiro atoms. The first-order valence-electron chi connectivity index (χ1n) is 18.3. The molecule has 0 bridgehead atoms. The van der Waals surface area contributed by atoms with Gasteiger partial charge >= 0.3 is 29.6 Å². The number of aliphatic carboxylic acids is 1. The summed E-state index contributed by atoms with van der Waals surface area (Å²) in [5, 5.41) is 26.5. The van der Waals surface area contributed by atoms with Gasteiger partial charge < -0.3 is 43.9 Å². The molecule has 0 fully saturated rings. The fraction of sp³-hybridized carbons (Fsp3) is 0.568. The molecule has 3 rings (SSSR count). The van der Waals surface area contributed by atoms with E-state index >= 15 is 0 Å². The maximum atomic E-state index is 12.2. The van der Waals surface area contributed by atoms with Crippen molar-refractivity contribution < 1.29 is 63.2 Å². The Bertz CT molecular complexity index is 1710. The Labute approximate surface area is 363 Å². The van der Waals surface area contributed by atoms with Crippen molar-refractivity contribution in [2.45, 2.75) is 58.8 Å². The first kappa shape index (κ1) is 49.0. The van der Waals surface area contributed by atoms with Crippen molar-refractivity contribution >= 4 is 72.7 Å². The molecule has 0 aromatic carbocycles. The largest absolute Gasteiger partial charge is 1.00 e. The number of nitrogens with zero attached hydrogens (tertiary/aromatic N) is 7. The molecule has 0 saturated heterocycles. The fourth-order valence-electron chi connectivity index (χ4n) is 4.85. The number of aromatic nitrogens is 2. The summed E-state index contributed by atoms with van der Waals surface area (Å²) >= 11 is 3.92. The molecule has 19 heteroatoms. The maximum Gasteiger partial charge on any atom is 1.00 e. The molecule has 3 aromatic rings. The van der Waals surface area contributed by atoms with Crippen LogP contribution in [0.15, 0.2) is 39.9 Å². The Hall–Kier alpha value is -3.14. The molecule has 1 unspecified atom stereocenters. The number of nitrogens with one attached hydrogen (secondary N) is 1. The van der Waals surface area contributed by atoms with Crippen LogP contribution in [0.5, 0.6) is 0 Å². The first-order valence-corrected chi connectivity index (χ1v) is 20.8. The normalized spacial score (nSPS) is 11.7. The van der Waals surface area contributed by atoms with Gasteiger partial charge in [-0.05, 0) is 44.1 Å². The molecule has 0 aliphatic carbocycles. The predicted octanol–water partition coefficient (Wildman–Crippen LogP) is 4.53. The number of hydrogen-bond donors (Lipinski definition) is 1. The van der Waals surface area contributed by atoms with Crippen LogP contribution >= 0.6 is 34.2 Å². The van der Waals surface area contributed by atoms with E-state index in [0.717, 1.165) is 47.2 Å². The SMILES string of the molecule is [C-]#[N+]c1nsc(/N=N/c2sc(N(CC)CCOCCOCCOCCOCCCNC(=O)CC(C/C=C/CCCCC)C(=O)[O-])nc2-c2cccs2)c1[N+]#[C-].[Na+]. The van der Waals surface area contributed by atoms with Gasteiger partial charge in [-0.15, -0.1) is 21.6 Å². The van der Waals surface area contributed by atoms with E-state index < -0.39 is 11.9 Å². The first-order chi connectivity index (χ1) is 26.9. The number of anilines is 1. The zero-order valence-electron chi connectivity index (χ0n) is 32.4. The third kappa shape index (κ3) is 18.4. The molecule has 15 nitrogen and oxygen atoms in total. The minimum absolute atomic E-state index is 0. The Morgan fingerprint density at radius 2 is 1.66 bits per heavy atom. The summed E-state index contributed by atoms with van der Waals surface area (Å²) in [5.74, 6) is -2.30. The number of azo groups is 1. The number of carboxylic acid groups (broad SMARTS) is 1. The van der Waals surface area contributed by atoms with Gasteiger partial charge in [0, 0.05) is 44.5 Å². The van der Waals surface area contributed by atoms with Crippen molar-refractivity contribution in [2.75, 3.05) is 77.4 Å². The van der Waals surface area contributed by atoms with Crippen LogP contribution in [0.4, 0.5) is 26.6 Å². The van der Waals surface area contributed by atoms with E-state index in [-0.39, 0.29) is 53.4 Å². The molecule has 1 N–H and O–H groups in total. The van der Waals surface area contributed by atoms with Crippen LogP contribution in [0.2, 0.25) is 0 Å². The number of likely N-dealkylation sites (N-methyl/N-ethyl adjacent to an activating group) is 1. The van der Waals surface area contributed by atoms with Crippen LogP contribution in [0, 0.1) is 19.1 Å². The summed E-state index contributed by atoms with van der Waals surface area (Å²) in [5.41, 5.74) is 0.814. The van der Waals surface area contributed by atoms with Gasteiger partial charge in [-0.3, -0.25) is 4.79 Å². The van der Waals surface area contributed by atoms with Crippen LogP contribution in [0.25, 0.3) is 20.3 Å². The van der Waals surface area contributed by atoms with Gasteiger partial charge in [0.15, 0.2) is 15.1 Å². The number of rotatable bonds is 30. The third-order valence-corrected chi connectivity index (χ3v) is 10.4. The summed E-state index contributed by atoms with van der Waals surface area (Å²) in [7, 11) is 0. The average molecular weight is 837 g/mol. The summed E-state index contributed by atoms with van der Waals surface area (Å²) in [6.45, 7) is 24.0. The van der Waals surface area contributed by atoms with Gasteiger partial charge in [0.05, 0.1) is 69.2 Å². The number of thiazole rings is 1. The van der Waals surface area contributed by atoms with Gasteiger partial charge in [-0.2, -0.15) is 0 Å². The Balaban J connectivity index is 0.0000108. The molecule has 3 aromatic heterocycles. The molecule has 0 aliphatic rings. The Morgan fingerprint density at radius 3 is 2.29 bits per heavy atom. The van der Waals surface area contributed by atoms with E-state index in [1.165, 1.54) is 11.3 Å². The predicted molar refractivity (Wildman–Crippen MR) is 214 cm³/mol. The summed E-state index contributed by atoms with van der Waals surface area (Å²) < 4.78 is 26.5. The van der Waals surface area contributed by atoms with Crippen LogP contribution < -0.4 is 44.9 Å². The van der Waals surface area contributed by atoms with Crippen molar-refractivity contribution in [3.63, 3.8) is 0 Å². The van der Waals surface area contributed by atoms with Gasteiger partial charge in [-0.1, -0.05) is 60.3 Å². The number of hydrogen-bond acceptors (Lipinski definition) is 15. The van der Waals surface area contributed by atoms with Crippen LogP contribution in [0.1, 0.15) is 58.8 Å². The molecule has 0 aliphatic heterocycles. The van der Waals surface area contributed by atoms with Crippen molar-refractivity contribution in [3.05, 3.63) is 52.5 Å². The van der Waals surface area contributed by atoms with Crippen LogP contribution in [-0.2, 0) is 28.5 Å². The number of carbonyl (C=O) groups excluding carboxylic acids is 2. The van der Waals surface area contributed by atoms with Crippen LogP contribution in [0.3, 0.4) is 0 Å². The number of amides is 1. The molecule has 298 valence electrons. The number of allylic oxidation sites excluding steroid dienone is 2. The Kier molecular flexibility index (Phi) is 26.3. The van der Waals surface area contributed by atoms with Gasteiger partial charge in [0.25, 0.3) is 11.5 Å². The zero-order valence-corrected chi connectivity index (χ0v) is 36.9. The maximum absolute atomic E-state index is 12.2. The van der Waals surface area contributed by atoms with Crippen molar-refractivity contribution in [3.8, 4) is 10.6 Å². The van der Waals surface area contributed by atoms with Crippen molar-refractivity contribution in [1.29, 1.82) is 0 Å². The van der Waals surface area contributed by atoms with E-state index in [4.69, 9.17) is 37.1 Å². The van der Waals surface area contributed by atoms with E-state index in [2.05, 4.69) is 41.4 Å². The second-order valence-electron chi connectivity index (χ2n) is 11.9. The fourth-order valence-corrected chi connectivity index (χ4v) is 7.22. The second kappa shape index (κ2) is 30.0. The Morgan fingerprint density at radius 1 is 0.964 bits per heavy atom. The monoisotopic (exact) mass is 836 g/mol. The van der Waals surface area contributed by atoms with E-state index in [0.29, 0.717) is 101 Å². The zero-order chi connectivity index (χ0) is 39.5. The topological polar surface area (TPSA) is 169 Å². The molecular weight excluding hydrogens is 788 g/mol. The molecular formula is C37H49N8NaO7S3. The number of ether oxygens (including phenoxy) is 4. The molecule has 0 saturated carbocycles. The molecule has 56 heavy (non-hydrogen) atoms. The quantitative estimate of drug-likeness (QED) is 0.0331. The molecule has 1 amide bonds. The van der Waals surface area contributed by atoms with E-state index in [9.17, 15) is 14.7 Å². The number of carbonyl (C=O) groups is 2. The number of unbranched alkanes of at least 4 members (excludes halogenated alkanes) is 3. The van der Waals surface area contributed by atoms with Gasteiger partial charge in [0.2, 0.25) is 5.91 Å². The minimum atomic E-state index is -1.20. The standard InChI is InChI=1S/C37H50N8O7S3.Na/c1-5-7-8-9-10-11-14-28(36(47)48)27-30(46)40-16-13-18-49-20-22-51-24-25-52-23-21-50-19-17-45(6-2)37-41-31(29-15-12-26-53-29)34(54-37)42-43-35-32(38-3)33(39-4)44-55-35;/h10-12,15,26,28H,5-9,13-14,16-25,27H2,1-2H3,(H,40,46)(H,47,48);/q;+1/p-1/b11-10+,43-42+;. The summed E-state index contributed by atoms with van der Waals surface area (Å²) in [4.78, 5) is 38.2. The molecule has 0 radical (unpaired) electrons. The second-order valence-corrected chi connectivity index (χ2v) is 14.5. The summed E-state index contributed by atoms with van der Waals surface area (Å²) in [6.07, 6.45) is 8.89. The van der Waals surface area contributed by atoms with Crippen molar-refractivity contribution in [1.82, 2.24) is 14.7 Å². The number of carboxylic acids is 1. The third-order valence-electron chi connectivity index (χ3n) is 7.82.